The molecule has 5 heteroatoms. The van der Waals surface area contributed by atoms with E-state index in [0.29, 0.717) is 22.4 Å². The van der Waals surface area contributed by atoms with Crippen LogP contribution in [0.25, 0.3) is 11.5 Å². The van der Waals surface area contributed by atoms with Crippen molar-refractivity contribution in [2.75, 3.05) is 5.32 Å². The Morgan fingerprint density at radius 3 is 2.50 bits per heavy atom. The summed E-state index contributed by atoms with van der Waals surface area (Å²) in [6.45, 7) is 1.71. The number of carbonyl (C=O) groups is 1. The summed E-state index contributed by atoms with van der Waals surface area (Å²) in [5.41, 5.74) is 1.61. The number of rotatable bonds is 3. The van der Waals surface area contributed by atoms with Gasteiger partial charge in [0.25, 0.3) is 5.91 Å². The van der Waals surface area contributed by atoms with Gasteiger partial charge in [0.15, 0.2) is 5.69 Å². The highest BCUT2D eigenvalue weighted by atomic mass is 35.5. The van der Waals surface area contributed by atoms with Crippen LogP contribution in [-0.2, 0) is 0 Å². The van der Waals surface area contributed by atoms with Crippen molar-refractivity contribution in [1.29, 1.82) is 0 Å². The topological polar surface area (TPSA) is 55.1 Å². The number of hydrogen-bond donors (Lipinski definition) is 1. The minimum Gasteiger partial charge on any atom is -0.441 e. The van der Waals surface area contributed by atoms with Gasteiger partial charge in [0.2, 0.25) is 5.89 Å². The number of carbonyl (C=O) groups excluding carboxylic acids is 1. The van der Waals surface area contributed by atoms with Crippen molar-refractivity contribution in [3.8, 4) is 11.5 Å². The number of oxazole rings is 1. The quantitative estimate of drug-likeness (QED) is 0.771. The number of hydrogen-bond acceptors (Lipinski definition) is 3. The van der Waals surface area contributed by atoms with E-state index in [-0.39, 0.29) is 11.6 Å². The molecular formula is C17H13ClN2O2. The van der Waals surface area contributed by atoms with Crippen LogP contribution in [0.1, 0.15) is 16.2 Å². The number of nitrogens with one attached hydrogen (secondary N) is 1. The summed E-state index contributed by atoms with van der Waals surface area (Å²) in [7, 11) is 0. The summed E-state index contributed by atoms with van der Waals surface area (Å²) in [6.07, 6.45) is 0. The second-order valence-electron chi connectivity index (χ2n) is 4.72. The van der Waals surface area contributed by atoms with Crippen molar-refractivity contribution in [2.45, 2.75) is 6.92 Å². The van der Waals surface area contributed by atoms with Crippen LogP contribution >= 0.6 is 11.6 Å². The van der Waals surface area contributed by atoms with Crippen molar-refractivity contribution in [2.24, 2.45) is 0 Å². The van der Waals surface area contributed by atoms with Gasteiger partial charge in [0, 0.05) is 5.56 Å². The van der Waals surface area contributed by atoms with Gasteiger partial charge in [-0.3, -0.25) is 4.79 Å². The molecule has 0 saturated heterocycles. The molecule has 3 aromatic rings. The molecule has 0 unspecified atom stereocenters. The predicted octanol–water partition coefficient (Wildman–Crippen LogP) is 4.56. The maximum absolute atomic E-state index is 12.3. The van der Waals surface area contributed by atoms with Crippen LogP contribution in [0.3, 0.4) is 0 Å². The van der Waals surface area contributed by atoms with Gasteiger partial charge in [-0.25, -0.2) is 4.98 Å². The fourth-order valence-electron chi connectivity index (χ4n) is 2.06. The lowest BCUT2D eigenvalue weighted by molar-refractivity contribution is 0.102. The minimum atomic E-state index is -0.350. The van der Waals surface area contributed by atoms with E-state index in [0.717, 1.165) is 5.56 Å². The lowest BCUT2D eigenvalue weighted by Crippen LogP contribution is -2.13. The average Bonchev–Trinajstić information content (AvgIpc) is 2.92. The maximum atomic E-state index is 12.3. The van der Waals surface area contributed by atoms with Gasteiger partial charge in [-0.1, -0.05) is 41.9 Å². The zero-order valence-corrected chi connectivity index (χ0v) is 12.6. The third-order valence-corrected chi connectivity index (χ3v) is 3.48. The highest BCUT2D eigenvalue weighted by Crippen LogP contribution is 2.24. The Morgan fingerprint density at radius 1 is 1.09 bits per heavy atom. The van der Waals surface area contributed by atoms with Gasteiger partial charge in [0.05, 0.1) is 10.7 Å². The first-order valence-corrected chi connectivity index (χ1v) is 7.11. The van der Waals surface area contributed by atoms with Crippen LogP contribution in [-0.4, -0.2) is 10.9 Å². The Labute approximate surface area is 132 Å². The molecule has 0 aliphatic rings. The first-order chi connectivity index (χ1) is 10.6. The SMILES string of the molecule is Cc1oc(-c2ccccc2)nc1C(=O)Nc1ccccc1Cl. The van der Waals surface area contributed by atoms with Gasteiger partial charge < -0.3 is 9.73 Å². The predicted molar refractivity (Wildman–Crippen MR) is 86.1 cm³/mol. The second kappa shape index (κ2) is 6.03. The van der Waals surface area contributed by atoms with E-state index >= 15 is 0 Å². The van der Waals surface area contributed by atoms with Crippen LogP contribution < -0.4 is 5.32 Å². The van der Waals surface area contributed by atoms with Gasteiger partial charge in [0.1, 0.15) is 5.76 Å². The van der Waals surface area contributed by atoms with Gasteiger partial charge in [-0.2, -0.15) is 0 Å². The number of nitrogens with zero attached hydrogens (tertiary/aromatic N) is 1. The molecule has 110 valence electrons. The van der Waals surface area contributed by atoms with Gasteiger partial charge >= 0.3 is 0 Å². The Hall–Kier alpha value is -2.59. The van der Waals surface area contributed by atoms with Crippen molar-refractivity contribution in [1.82, 2.24) is 4.98 Å². The van der Waals surface area contributed by atoms with Crippen LogP contribution in [0.5, 0.6) is 0 Å². The standard InChI is InChI=1S/C17H13ClN2O2/c1-11-15(16(21)19-14-10-6-5-9-13(14)18)20-17(22-11)12-7-3-2-4-8-12/h2-10H,1H3,(H,19,21). The lowest BCUT2D eigenvalue weighted by atomic mass is 10.2. The highest BCUT2D eigenvalue weighted by molar-refractivity contribution is 6.33. The smallest absolute Gasteiger partial charge is 0.277 e. The summed E-state index contributed by atoms with van der Waals surface area (Å²) < 4.78 is 5.58. The molecule has 1 amide bonds. The molecular weight excluding hydrogens is 300 g/mol. The fourth-order valence-corrected chi connectivity index (χ4v) is 2.24. The molecule has 0 aliphatic carbocycles. The lowest BCUT2D eigenvalue weighted by Gasteiger charge is -2.04. The number of halogens is 1. The Balaban J connectivity index is 1.88. The minimum absolute atomic E-state index is 0.249. The van der Waals surface area contributed by atoms with Crippen LogP contribution in [0.2, 0.25) is 5.02 Å². The van der Waals surface area contributed by atoms with Gasteiger partial charge in [-0.05, 0) is 31.2 Å². The van der Waals surface area contributed by atoms with E-state index in [1.807, 2.05) is 30.3 Å². The first kappa shape index (κ1) is 14.4. The molecule has 1 N–H and O–H groups in total. The van der Waals surface area contributed by atoms with E-state index < -0.39 is 0 Å². The monoisotopic (exact) mass is 312 g/mol. The summed E-state index contributed by atoms with van der Waals surface area (Å²) in [6, 6.07) is 16.5. The molecule has 2 aromatic carbocycles. The summed E-state index contributed by atoms with van der Waals surface area (Å²) in [5, 5.41) is 3.21. The van der Waals surface area contributed by atoms with Crippen LogP contribution in [0.15, 0.2) is 59.0 Å². The Morgan fingerprint density at radius 2 is 1.77 bits per heavy atom. The van der Waals surface area contributed by atoms with Crippen molar-refractivity contribution >= 4 is 23.2 Å². The second-order valence-corrected chi connectivity index (χ2v) is 5.13. The van der Waals surface area contributed by atoms with Gasteiger partial charge in [-0.15, -0.1) is 0 Å². The molecule has 3 rings (SSSR count). The van der Waals surface area contributed by atoms with E-state index in [2.05, 4.69) is 10.3 Å². The Kier molecular flexibility index (Phi) is 3.94. The number of anilines is 1. The normalized spacial score (nSPS) is 10.5. The average molecular weight is 313 g/mol. The molecule has 1 aromatic heterocycles. The summed E-state index contributed by atoms with van der Waals surface area (Å²) >= 11 is 6.04. The number of amides is 1. The van der Waals surface area contributed by atoms with E-state index in [9.17, 15) is 4.79 Å². The highest BCUT2D eigenvalue weighted by Gasteiger charge is 2.18. The summed E-state index contributed by atoms with van der Waals surface area (Å²) in [5.74, 6) is 0.530. The molecule has 0 bridgehead atoms. The molecule has 0 saturated carbocycles. The molecule has 0 radical (unpaired) electrons. The number of aromatic nitrogens is 1. The maximum Gasteiger partial charge on any atom is 0.277 e. The largest absolute Gasteiger partial charge is 0.441 e. The molecule has 0 spiro atoms. The van der Waals surface area contributed by atoms with E-state index in [1.54, 1.807) is 31.2 Å². The third kappa shape index (κ3) is 2.87. The first-order valence-electron chi connectivity index (χ1n) is 6.74. The zero-order chi connectivity index (χ0) is 15.5. The van der Waals surface area contributed by atoms with E-state index in [4.69, 9.17) is 16.0 Å². The summed E-state index contributed by atoms with van der Waals surface area (Å²) in [4.78, 5) is 16.6. The van der Waals surface area contributed by atoms with Crippen molar-refractivity contribution in [3.63, 3.8) is 0 Å². The number of benzene rings is 2. The number of aryl methyl sites for hydroxylation is 1. The molecule has 22 heavy (non-hydrogen) atoms. The van der Waals surface area contributed by atoms with E-state index in [1.165, 1.54) is 0 Å². The molecule has 0 aliphatic heterocycles. The molecule has 0 fully saturated rings. The number of para-hydroxylation sites is 1. The van der Waals surface area contributed by atoms with Crippen LogP contribution in [0.4, 0.5) is 5.69 Å². The van der Waals surface area contributed by atoms with Crippen molar-refractivity contribution < 1.29 is 9.21 Å². The zero-order valence-electron chi connectivity index (χ0n) is 11.8. The molecule has 0 atom stereocenters. The fraction of sp³-hybridized carbons (Fsp3) is 0.0588. The molecule has 4 nitrogen and oxygen atoms in total. The van der Waals surface area contributed by atoms with Crippen molar-refractivity contribution in [3.05, 3.63) is 71.1 Å². The van der Waals surface area contributed by atoms with Crippen LogP contribution in [0, 0.1) is 6.92 Å². The Bertz CT molecular complexity index is 813. The third-order valence-electron chi connectivity index (χ3n) is 3.15. The molecule has 1 heterocycles.